The van der Waals surface area contributed by atoms with Gasteiger partial charge in [0.1, 0.15) is 13.5 Å². The maximum absolute atomic E-state index is 5.94. The lowest BCUT2D eigenvalue weighted by Gasteiger charge is -2.03. The van der Waals surface area contributed by atoms with Crippen molar-refractivity contribution in [3.63, 3.8) is 0 Å². The van der Waals surface area contributed by atoms with E-state index in [0.29, 0.717) is 0 Å². The Morgan fingerprint density at radius 2 is 1.88 bits per heavy atom. The lowest BCUT2D eigenvalue weighted by atomic mass is 9.92. The number of hydrogen-bond acceptors (Lipinski definition) is 1. The number of pyridine rings is 1. The lowest BCUT2D eigenvalue weighted by Crippen LogP contribution is -1.99. The second-order valence-electron chi connectivity index (χ2n) is 3.69. The van der Waals surface area contributed by atoms with E-state index in [2.05, 4.69) is 22.1 Å². The molecule has 0 aliphatic rings. The smallest absolute Gasteiger partial charge is 0.137 e. The molecule has 2 radical (unpaired) electrons. The highest BCUT2D eigenvalue weighted by atomic mass is 14.8. The molecule has 0 aliphatic heterocycles. The number of fused-ring (bicyclic) bond motifs is 1. The third-order valence-corrected chi connectivity index (χ3v) is 2.69. The van der Waals surface area contributed by atoms with Crippen molar-refractivity contribution in [1.29, 1.82) is 0 Å². The van der Waals surface area contributed by atoms with E-state index >= 15 is 0 Å². The summed E-state index contributed by atoms with van der Waals surface area (Å²) in [5.41, 5.74) is 3.84. The summed E-state index contributed by atoms with van der Waals surface area (Å²) in [5.74, 6) is 0. The Bertz CT molecular complexity index is 629. The van der Waals surface area contributed by atoms with Crippen LogP contribution in [0, 0.1) is 0 Å². The number of aromatic amines is 1. The average molecular weight is 204 g/mol. The largest absolute Gasteiger partial charge is 0.347 e. The van der Waals surface area contributed by atoms with Crippen LogP contribution in [0.5, 0.6) is 0 Å². The zero-order chi connectivity index (χ0) is 11.0. The maximum atomic E-state index is 5.94. The van der Waals surface area contributed by atoms with Gasteiger partial charge in [0.2, 0.25) is 0 Å². The van der Waals surface area contributed by atoms with Crippen molar-refractivity contribution >= 4 is 24.3 Å². The number of benzene rings is 1. The van der Waals surface area contributed by atoms with Crippen LogP contribution in [0.2, 0.25) is 0 Å². The first-order chi connectivity index (χ1) is 7.86. The monoisotopic (exact) mass is 204 g/mol. The minimum Gasteiger partial charge on any atom is -0.347 e. The van der Waals surface area contributed by atoms with Crippen molar-refractivity contribution in [2.24, 2.45) is 0 Å². The summed E-state index contributed by atoms with van der Waals surface area (Å²) in [7, 11) is 5.94. The Labute approximate surface area is 94.8 Å². The van der Waals surface area contributed by atoms with Gasteiger partial charge in [0.05, 0.1) is 0 Å². The van der Waals surface area contributed by atoms with E-state index in [9.17, 15) is 0 Å². The van der Waals surface area contributed by atoms with Crippen molar-refractivity contribution in [1.82, 2.24) is 9.97 Å². The summed E-state index contributed by atoms with van der Waals surface area (Å²) < 4.78 is 0. The second kappa shape index (κ2) is 3.52. The first-order valence-electron chi connectivity index (χ1n) is 5.13. The normalized spacial score (nSPS) is 10.8. The molecule has 2 heterocycles. The van der Waals surface area contributed by atoms with Crippen LogP contribution in [-0.4, -0.2) is 17.8 Å². The molecule has 74 valence electrons. The van der Waals surface area contributed by atoms with Crippen LogP contribution >= 0.6 is 0 Å². The summed E-state index contributed by atoms with van der Waals surface area (Å²) in [5, 5.41) is 0.994. The average Bonchev–Trinajstić information content (AvgIpc) is 2.73. The van der Waals surface area contributed by atoms with Gasteiger partial charge in [0, 0.05) is 11.6 Å². The number of nitrogens with one attached hydrogen (secondary N) is 1. The molecule has 16 heavy (non-hydrogen) atoms. The molecule has 0 atom stereocenters. The fraction of sp³-hybridized carbons (Fsp3) is 0. The predicted octanol–water partition coefficient (Wildman–Crippen LogP) is 2.02. The molecule has 3 heteroatoms. The molecule has 3 aromatic rings. The van der Waals surface area contributed by atoms with Crippen molar-refractivity contribution in [3.05, 3.63) is 48.8 Å². The van der Waals surface area contributed by atoms with E-state index in [4.69, 9.17) is 7.85 Å². The number of rotatable bonds is 1. The first kappa shape index (κ1) is 9.22. The van der Waals surface area contributed by atoms with Gasteiger partial charge in [-0.25, -0.2) is 4.98 Å². The minimum atomic E-state index is 0.738. The molecule has 0 bridgehead atoms. The van der Waals surface area contributed by atoms with Gasteiger partial charge in [0.25, 0.3) is 0 Å². The Kier molecular flexibility index (Phi) is 2.03. The molecule has 1 aromatic carbocycles. The number of H-pyrrole nitrogens is 1. The van der Waals surface area contributed by atoms with Crippen LogP contribution in [0.4, 0.5) is 0 Å². The summed E-state index contributed by atoms with van der Waals surface area (Å²) in [6.07, 6.45) is 3.57. The fourth-order valence-electron chi connectivity index (χ4n) is 1.94. The second-order valence-corrected chi connectivity index (χ2v) is 3.69. The number of nitrogens with zero attached hydrogens (tertiary/aromatic N) is 1. The Balaban J connectivity index is 2.36. The highest BCUT2D eigenvalue weighted by molar-refractivity contribution is 6.40. The molecule has 1 N–H and O–H groups in total. The highest BCUT2D eigenvalue weighted by Crippen LogP contribution is 2.24. The molecular weight excluding hydrogens is 195 g/mol. The molecule has 2 nitrogen and oxygen atoms in total. The van der Waals surface area contributed by atoms with Gasteiger partial charge in [0.15, 0.2) is 0 Å². The van der Waals surface area contributed by atoms with Gasteiger partial charge >= 0.3 is 0 Å². The van der Waals surface area contributed by atoms with Crippen LogP contribution in [-0.2, 0) is 0 Å². The molecular formula is C13H9BN2. The van der Waals surface area contributed by atoms with E-state index < -0.39 is 0 Å². The van der Waals surface area contributed by atoms with E-state index in [0.717, 1.165) is 27.6 Å². The molecule has 2 aromatic heterocycles. The van der Waals surface area contributed by atoms with Gasteiger partial charge in [-0.2, -0.15) is 0 Å². The van der Waals surface area contributed by atoms with Gasteiger partial charge in [-0.15, -0.1) is 0 Å². The Morgan fingerprint density at radius 1 is 1.06 bits per heavy atom. The summed E-state index contributed by atoms with van der Waals surface area (Å²) in [6.45, 7) is 0. The fourth-order valence-corrected chi connectivity index (χ4v) is 1.94. The molecule has 0 fully saturated rings. The van der Waals surface area contributed by atoms with Gasteiger partial charge in [-0.1, -0.05) is 35.8 Å². The third kappa shape index (κ3) is 1.33. The van der Waals surface area contributed by atoms with Gasteiger partial charge < -0.3 is 4.98 Å². The van der Waals surface area contributed by atoms with Crippen LogP contribution in [0.1, 0.15) is 0 Å². The minimum absolute atomic E-state index is 0.738. The molecule has 0 saturated heterocycles. The highest BCUT2D eigenvalue weighted by Gasteiger charge is 2.07. The SMILES string of the molecule is [B]c1c[nH]c2nccc(-c3ccccc3)c12. The Morgan fingerprint density at radius 3 is 2.69 bits per heavy atom. The van der Waals surface area contributed by atoms with Crippen LogP contribution in [0.3, 0.4) is 0 Å². The van der Waals surface area contributed by atoms with Crippen molar-refractivity contribution in [3.8, 4) is 11.1 Å². The first-order valence-corrected chi connectivity index (χ1v) is 5.13. The quantitative estimate of drug-likeness (QED) is 0.603. The van der Waals surface area contributed by atoms with E-state index in [-0.39, 0.29) is 0 Å². The van der Waals surface area contributed by atoms with Crippen LogP contribution in [0.15, 0.2) is 48.8 Å². The zero-order valence-corrected chi connectivity index (χ0v) is 8.64. The molecule has 0 amide bonds. The van der Waals surface area contributed by atoms with Gasteiger partial charge in [-0.3, -0.25) is 0 Å². The summed E-state index contributed by atoms with van der Waals surface area (Å²) >= 11 is 0. The van der Waals surface area contributed by atoms with Crippen LogP contribution in [0.25, 0.3) is 22.2 Å². The third-order valence-electron chi connectivity index (χ3n) is 2.69. The standard InChI is InChI=1S/C13H9BN2/c14-11-8-16-13-12(11)10(6-7-15-13)9-4-2-1-3-5-9/h1-8H,(H,15,16). The summed E-state index contributed by atoms with van der Waals surface area (Å²) in [4.78, 5) is 7.31. The zero-order valence-electron chi connectivity index (χ0n) is 8.64. The van der Waals surface area contributed by atoms with Crippen LogP contribution < -0.4 is 5.46 Å². The van der Waals surface area contributed by atoms with E-state index in [1.807, 2.05) is 24.3 Å². The Hall–Kier alpha value is -2.03. The van der Waals surface area contributed by atoms with Crippen molar-refractivity contribution < 1.29 is 0 Å². The number of hydrogen-bond donors (Lipinski definition) is 1. The van der Waals surface area contributed by atoms with Crippen molar-refractivity contribution in [2.75, 3.05) is 0 Å². The molecule has 0 aliphatic carbocycles. The van der Waals surface area contributed by atoms with E-state index in [1.165, 1.54) is 0 Å². The maximum Gasteiger partial charge on any atom is 0.137 e. The molecule has 3 rings (SSSR count). The van der Waals surface area contributed by atoms with E-state index in [1.54, 1.807) is 12.4 Å². The van der Waals surface area contributed by atoms with Crippen molar-refractivity contribution in [2.45, 2.75) is 0 Å². The lowest BCUT2D eigenvalue weighted by molar-refractivity contribution is 1.33. The van der Waals surface area contributed by atoms with Gasteiger partial charge in [-0.05, 0) is 23.4 Å². The molecule has 0 spiro atoms. The number of aromatic nitrogens is 2. The molecule has 0 saturated carbocycles. The topological polar surface area (TPSA) is 28.7 Å². The molecule has 0 unspecified atom stereocenters. The predicted molar refractivity (Wildman–Crippen MR) is 66.9 cm³/mol. The summed E-state index contributed by atoms with van der Waals surface area (Å²) in [6, 6.07) is 12.2.